The van der Waals surface area contributed by atoms with E-state index in [0.717, 1.165) is 0 Å². The van der Waals surface area contributed by atoms with Gasteiger partial charge in [0.25, 0.3) is 0 Å². The van der Waals surface area contributed by atoms with Gasteiger partial charge in [-0.15, -0.1) is 0 Å². The van der Waals surface area contributed by atoms with Gasteiger partial charge in [0.1, 0.15) is 0 Å². The summed E-state index contributed by atoms with van der Waals surface area (Å²) in [5.41, 5.74) is 2.42. The van der Waals surface area contributed by atoms with E-state index in [9.17, 15) is 0 Å². The first kappa shape index (κ1) is 6.93. The lowest BCUT2D eigenvalue weighted by Crippen LogP contribution is -2.13. The molecule has 1 aliphatic rings. The highest BCUT2D eigenvalue weighted by Gasteiger charge is 2.07. The quantitative estimate of drug-likeness (QED) is 0.539. The second-order valence-corrected chi connectivity index (χ2v) is 2.74. The standard InChI is InChI=1S/C10H8N2/c11-8-12-6-5-9-3-1-2-4-10(9)7-12/h1-6H,7H2/p+1. The molecule has 1 aromatic carbocycles. The second-order valence-electron chi connectivity index (χ2n) is 2.74. The summed E-state index contributed by atoms with van der Waals surface area (Å²) in [6, 6.07) is 8.10. The lowest BCUT2D eigenvalue weighted by molar-refractivity contribution is 0.516. The van der Waals surface area contributed by atoms with Crippen molar-refractivity contribution in [3.63, 3.8) is 0 Å². The molecule has 58 valence electrons. The molecule has 1 aliphatic heterocycles. The molecule has 1 heterocycles. The fourth-order valence-corrected chi connectivity index (χ4v) is 1.32. The van der Waals surface area contributed by atoms with Crippen LogP contribution in [0, 0.1) is 11.5 Å². The molecule has 2 heteroatoms. The van der Waals surface area contributed by atoms with Crippen LogP contribution in [0.3, 0.4) is 0 Å². The molecule has 0 bridgehead atoms. The largest absolute Gasteiger partial charge is 1.00 e. The molecule has 0 radical (unpaired) electrons. The lowest BCUT2D eigenvalue weighted by Gasteiger charge is -2.17. The molecule has 0 aliphatic carbocycles. The van der Waals surface area contributed by atoms with Crippen LogP contribution in [-0.4, -0.2) is 4.90 Å². The minimum atomic E-state index is 0. The highest BCUT2D eigenvalue weighted by atomic mass is 15.1. The summed E-state index contributed by atoms with van der Waals surface area (Å²) in [4.78, 5) is 1.61. The van der Waals surface area contributed by atoms with E-state index in [2.05, 4.69) is 12.3 Å². The first-order valence-corrected chi connectivity index (χ1v) is 3.82. The minimum Gasteiger partial charge on any atom is -0.282 e. The summed E-state index contributed by atoms with van der Waals surface area (Å²) in [5, 5.41) is 8.64. The Hall–Kier alpha value is -1.75. The Morgan fingerprint density at radius 2 is 2.25 bits per heavy atom. The van der Waals surface area contributed by atoms with Crippen LogP contribution in [0.5, 0.6) is 0 Å². The van der Waals surface area contributed by atoms with Crippen molar-refractivity contribution in [1.29, 1.82) is 5.26 Å². The van der Waals surface area contributed by atoms with E-state index < -0.39 is 0 Å². The zero-order valence-corrected chi connectivity index (χ0v) is 6.57. The third-order valence-electron chi connectivity index (χ3n) is 1.96. The maximum atomic E-state index is 8.64. The molecule has 2 nitrogen and oxygen atoms in total. The molecule has 0 N–H and O–H groups in total. The Morgan fingerprint density at radius 3 is 3.08 bits per heavy atom. The van der Waals surface area contributed by atoms with Crippen LogP contribution in [-0.2, 0) is 6.54 Å². The van der Waals surface area contributed by atoms with Gasteiger partial charge in [0.05, 0.1) is 6.54 Å². The van der Waals surface area contributed by atoms with Crippen LogP contribution in [0.15, 0.2) is 30.5 Å². The SMILES string of the molecule is N#CN1C=Cc2ccccc2C1.[H+]. The molecule has 0 saturated heterocycles. The maximum absolute atomic E-state index is 8.64. The molecule has 0 aromatic heterocycles. The van der Waals surface area contributed by atoms with Gasteiger partial charge in [0, 0.05) is 6.20 Å². The van der Waals surface area contributed by atoms with Crippen molar-refractivity contribution in [2.75, 3.05) is 0 Å². The van der Waals surface area contributed by atoms with Crippen LogP contribution in [0.4, 0.5) is 0 Å². The third kappa shape index (κ3) is 1.06. The predicted octanol–water partition coefficient (Wildman–Crippen LogP) is 2.07. The monoisotopic (exact) mass is 157 g/mol. The smallest absolute Gasteiger partial charge is 0.282 e. The van der Waals surface area contributed by atoms with Crippen LogP contribution in [0.2, 0.25) is 0 Å². The summed E-state index contributed by atoms with van der Waals surface area (Å²) in [7, 11) is 0. The third-order valence-corrected chi connectivity index (χ3v) is 1.96. The average Bonchev–Trinajstić information content (AvgIpc) is 2.17. The Morgan fingerprint density at radius 1 is 1.42 bits per heavy atom. The van der Waals surface area contributed by atoms with Gasteiger partial charge in [0.2, 0.25) is 0 Å². The number of hydrogen-bond donors (Lipinski definition) is 0. The highest BCUT2D eigenvalue weighted by molar-refractivity contribution is 5.55. The van der Waals surface area contributed by atoms with Gasteiger partial charge >= 0.3 is 1.43 Å². The Balaban J connectivity index is 0.000000845. The van der Waals surface area contributed by atoms with Crippen molar-refractivity contribution in [2.24, 2.45) is 0 Å². The van der Waals surface area contributed by atoms with Crippen molar-refractivity contribution in [3.05, 3.63) is 41.6 Å². The summed E-state index contributed by atoms with van der Waals surface area (Å²) >= 11 is 0. The summed E-state index contributed by atoms with van der Waals surface area (Å²) in [6.45, 7) is 0.698. The minimum absolute atomic E-state index is 0. The molecule has 2 rings (SSSR count). The molecule has 0 saturated carbocycles. The molecule has 1 aromatic rings. The first-order chi connectivity index (χ1) is 5.90. The molecular formula is C10H9N2+. The van der Waals surface area contributed by atoms with Crippen molar-refractivity contribution in [3.8, 4) is 6.19 Å². The number of hydrogen-bond acceptors (Lipinski definition) is 2. The van der Waals surface area contributed by atoms with E-state index in [0.29, 0.717) is 6.54 Å². The van der Waals surface area contributed by atoms with Gasteiger partial charge in [-0.25, -0.2) is 0 Å². The Kier molecular flexibility index (Phi) is 1.56. The summed E-state index contributed by atoms with van der Waals surface area (Å²) in [6.07, 6.45) is 5.86. The zero-order valence-electron chi connectivity index (χ0n) is 7.57. The van der Waals surface area contributed by atoms with E-state index in [4.69, 9.17) is 5.26 Å². The van der Waals surface area contributed by atoms with Crippen LogP contribution in [0.1, 0.15) is 12.6 Å². The number of nitriles is 1. The molecular weight excluding hydrogens is 148 g/mol. The predicted molar refractivity (Wildman–Crippen MR) is 47.7 cm³/mol. The van der Waals surface area contributed by atoms with Crippen LogP contribution >= 0.6 is 0 Å². The van der Waals surface area contributed by atoms with Crippen LogP contribution in [0.25, 0.3) is 6.08 Å². The maximum Gasteiger partial charge on any atom is 1.00 e. The second kappa shape index (κ2) is 2.71. The first-order valence-electron chi connectivity index (χ1n) is 3.82. The van der Waals surface area contributed by atoms with Crippen LogP contribution < -0.4 is 0 Å². The van der Waals surface area contributed by atoms with E-state index >= 15 is 0 Å². The molecule has 0 atom stereocenters. The Labute approximate surface area is 72.8 Å². The van der Waals surface area contributed by atoms with Gasteiger partial charge in [-0.2, -0.15) is 5.26 Å². The summed E-state index contributed by atoms with van der Waals surface area (Å²) in [5.74, 6) is 0. The van der Waals surface area contributed by atoms with E-state index in [1.165, 1.54) is 11.1 Å². The lowest BCUT2D eigenvalue weighted by atomic mass is 10.1. The number of benzene rings is 1. The van der Waals surface area contributed by atoms with Crippen molar-refractivity contribution >= 4 is 6.08 Å². The fraction of sp³-hybridized carbons (Fsp3) is 0.100. The molecule has 0 spiro atoms. The molecule has 0 amide bonds. The molecule has 0 fully saturated rings. The van der Waals surface area contributed by atoms with Crippen molar-refractivity contribution in [1.82, 2.24) is 4.90 Å². The highest BCUT2D eigenvalue weighted by Crippen LogP contribution is 2.17. The van der Waals surface area contributed by atoms with Gasteiger partial charge in [0.15, 0.2) is 6.19 Å². The summed E-state index contributed by atoms with van der Waals surface area (Å²) < 4.78 is 0. The average molecular weight is 157 g/mol. The van der Waals surface area contributed by atoms with E-state index in [1.807, 2.05) is 30.5 Å². The van der Waals surface area contributed by atoms with Crippen molar-refractivity contribution < 1.29 is 1.43 Å². The van der Waals surface area contributed by atoms with Gasteiger partial charge in [-0.3, -0.25) is 4.90 Å². The topological polar surface area (TPSA) is 27.0 Å². The Bertz CT molecular complexity index is 365. The van der Waals surface area contributed by atoms with Crippen molar-refractivity contribution in [2.45, 2.75) is 6.54 Å². The number of nitrogens with zero attached hydrogens (tertiary/aromatic N) is 2. The van der Waals surface area contributed by atoms with Gasteiger partial charge in [-0.05, 0) is 17.2 Å². The number of fused-ring (bicyclic) bond motifs is 1. The molecule has 0 unspecified atom stereocenters. The zero-order chi connectivity index (χ0) is 8.39. The molecule has 12 heavy (non-hydrogen) atoms. The number of rotatable bonds is 0. The van der Waals surface area contributed by atoms with E-state index in [-0.39, 0.29) is 1.43 Å². The van der Waals surface area contributed by atoms with Gasteiger partial charge in [-0.1, -0.05) is 24.3 Å². The van der Waals surface area contributed by atoms with Gasteiger partial charge < -0.3 is 0 Å². The van der Waals surface area contributed by atoms with E-state index in [1.54, 1.807) is 4.90 Å². The fourth-order valence-electron chi connectivity index (χ4n) is 1.32. The normalized spacial score (nSPS) is 13.8.